The summed E-state index contributed by atoms with van der Waals surface area (Å²) >= 11 is 2.04. The van der Waals surface area contributed by atoms with Gasteiger partial charge >= 0.3 is 11.9 Å². The molecule has 0 aromatic rings. The fraction of sp³-hybridized carbons (Fsp3) is 0.818. The summed E-state index contributed by atoms with van der Waals surface area (Å²) < 4.78 is 9.91. The molecule has 0 unspecified atom stereocenters. The lowest BCUT2D eigenvalue weighted by molar-refractivity contribution is -0.162. The molecule has 2 atom stereocenters. The largest absolute Gasteiger partial charge is 0.462 e. The van der Waals surface area contributed by atoms with Crippen LogP contribution < -0.4 is 0 Å². The van der Waals surface area contributed by atoms with Crippen LogP contribution in [0.1, 0.15) is 27.7 Å². The molecule has 92 valence electrons. The summed E-state index contributed by atoms with van der Waals surface area (Å²) in [6.45, 7) is 7.89. The van der Waals surface area contributed by atoms with Gasteiger partial charge in [0.2, 0.25) is 6.10 Å². The van der Waals surface area contributed by atoms with Crippen molar-refractivity contribution < 1.29 is 19.1 Å². The molecular formula is C11H17IO4. The molecule has 0 aromatic heterocycles. The van der Waals surface area contributed by atoms with Crippen LogP contribution in [0, 0.1) is 11.3 Å². The van der Waals surface area contributed by atoms with Crippen molar-refractivity contribution in [3.05, 3.63) is 0 Å². The van der Waals surface area contributed by atoms with Crippen LogP contribution in [0.4, 0.5) is 0 Å². The third kappa shape index (κ3) is 2.87. The highest BCUT2D eigenvalue weighted by atomic mass is 127. The predicted octanol–water partition coefficient (Wildman–Crippen LogP) is 1.94. The molecule has 0 saturated carbocycles. The minimum Gasteiger partial charge on any atom is -0.462 e. The lowest BCUT2D eigenvalue weighted by Gasteiger charge is -2.23. The molecule has 0 spiro atoms. The van der Waals surface area contributed by atoms with Gasteiger partial charge in [0.05, 0.1) is 0 Å². The number of carbonyl (C=O) groups is 2. The van der Waals surface area contributed by atoms with Gasteiger partial charge in [-0.15, -0.1) is 0 Å². The van der Waals surface area contributed by atoms with Crippen molar-refractivity contribution in [3.63, 3.8) is 0 Å². The number of ether oxygens (including phenoxy) is 2. The highest BCUT2D eigenvalue weighted by Crippen LogP contribution is 2.32. The molecule has 16 heavy (non-hydrogen) atoms. The Morgan fingerprint density at radius 1 is 1.56 bits per heavy atom. The van der Waals surface area contributed by atoms with Gasteiger partial charge in [-0.05, 0) is 5.92 Å². The van der Waals surface area contributed by atoms with Gasteiger partial charge in [-0.25, -0.2) is 4.79 Å². The van der Waals surface area contributed by atoms with Crippen molar-refractivity contribution in [1.29, 1.82) is 0 Å². The van der Waals surface area contributed by atoms with E-state index in [1.54, 1.807) is 0 Å². The van der Waals surface area contributed by atoms with E-state index in [2.05, 4.69) is 0 Å². The van der Waals surface area contributed by atoms with E-state index < -0.39 is 17.5 Å². The van der Waals surface area contributed by atoms with Crippen LogP contribution in [0.2, 0.25) is 0 Å². The molecule has 1 aliphatic rings. The summed E-state index contributed by atoms with van der Waals surface area (Å²) in [4.78, 5) is 23.2. The highest BCUT2D eigenvalue weighted by molar-refractivity contribution is 14.1. The second kappa shape index (κ2) is 4.89. The molecule has 1 heterocycles. The monoisotopic (exact) mass is 340 g/mol. The average Bonchev–Trinajstić information content (AvgIpc) is 2.43. The van der Waals surface area contributed by atoms with Gasteiger partial charge in [0.25, 0.3) is 0 Å². The van der Waals surface area contributed by atoms with Gasteiger partial charge in [-0.2, -0.15) is 0 Å². The van der Waals surface area contributed by atoms with E-state index in [9.17, 15) is 9.59 Å². The van der Waals surface area contributed by atoms with Gasteiger partial charge in [0.1, 0.15) is 10.5 Å². The first-order chi connectivity index (χ1) is 7.25. The molecular weight excluding hydrogens is 323 g/mol. The van der Waals surface area contributed by atoms with Crippen LogP contribution in [0.25, 0.3) is 0 Å². The summed E-state index contributed by atoms with van der Waals surface area (Å²) in [5.74, 6) is -0.591. The van der Waals surface area contributed by atoms with E-state index >= 15 is 0 Å². The van der Waals surface area contributed by atoms with Crippen LogP contribution in [0.15, 0.2) is 0 Å². The smallest absolute Gasteiger partial charge is 0.348 e. The number of rotatable bonds is 3. The normalized spacial score (nSPS) is 25.4. The number of carbonyl (C=O) groups excluding carboxylic acids is 2. The van der Waals surface area contributed by atoms with Crippen LogP contribution >= 0.6 is 22.6 Å². The zero-order valence-corrected chi connectivity index (χ0v) is 12.1. The van der Waals surface area contributed by atoms with Crippen LogP contribution in [-0.2, 0) is 19.1 Å². The number of hydrogen-bond acceptors (Lipinski definition) is 4. The Labute approximate surface area is 109 Å². The second-order valence-electron chi connectivity index (χ2n) is 5.06. The Morgan fingerprint density at radius 3 is 2.50 bits per heavy atom. The third-order valence-electron chi connectivity index (χ3n) is 2.55. The number of hydrogen-bond donors (Lipinski definition) is 0. The molecule has 1 rings (SSSR count). The summed E-state index contributed by atoms with van der Waals surface area (Å²) in [5.41, 5.74) is -0.430. The summed E-state index contributed by atoms with van der Waals surface area (Å²) in [5, 5.41) is 0. The topological polar surface area (TPSA) is 52.6 Å². The van der Waals surface area contributed by atoms with Gasteiger partial charge in [-0.1, -0.05) is 50.3 Å². The first-order valence-corrected chi connectivity index (χ1v) is 6.51. The molecule has 0 N–H and O–H groups in total. The van der Waals surface area contributed by atoms with Crippen LogP contribution in [-0.4, -0.2) is 28.6 Å². The lowest BCUT2D eigenvalue weighted by Crippen LogP contribution is -2.37. The summed E-state index contributed by atoms with van der Waals surface area (Å²) in [6, 6.07) is 0. The third-order valence-corrected chi connectivity index (χ3v) is 4.50. The van der Waals surface area contributed by atoms with Gasteiger partial charge in [-0.3, -0.25) is 4.79 Å². The van der Waals surface area contributed by atoms with Crippen LogP contribution in [0.3, 0.4) is 0 Å². The molecule has 4 nitrogen and oxygen atoms in total. The Kier molecular flexibility index (Phi) is 4.20. The summed E-state index contributed by atoms with van der Waals surface area (Å²) in [6.07, 6.45) is -0.768. The van der Waals surface area contributed by atoms with E-state index in [0.29, 0.717) is 6.61 Å². The molecule has 0 aliphatic carbocycles. The number of alkyl halides is 1. The Balaban J connectivity index is 2.67. The maximum Gasteiger partial charge on any atom is 0.348 e. The molecule has 0 aromatic carbocycles. The first kappa shape index (κ1) is 13.7. The van der Waals surface area contributed by atoms with E-state index in [0.717, 1.165) is 0 Å². The van der Waals surface area contributed by atoms with Gasteiger partial charge < -0.3 is 9.47 Å². The quantitative estimate of drug-likeness (QED) is 0.448. The number of esters is 2. The van der Waals surface area contributed by atoms with Crippen molar-refractivity contribution in [3.8, 4) is 0 Å². The predicted molar refractivity (Wildman–Crippen MR) is 67.3 cm³/mol. The minimum absolute atomic E-state index is 0.189. The Hall–Kier alpha value is -0.330. The van der Waals surface area contributed by atoms with Crippen LogP contribution in [0.5, 0.6) is 0 Å². The zero-order valence-electron chi connectivity index (χ0n) is 9.95. The van der Waals surface area contributed by atoms with Crippen molar-refractivity contribution in [2.24, 2.45) is 11.3 Å². The lowest BCUT2D eigenvalue weighted by atomic mass is 9.90. The van der Waals surface area contributed by atoms with Gasteiger partial charge in [0, 0.05) is 5.41 Å². The van der Waals surface area contributed by atoms with E-state index in [1.165, 1.54) is 0 Å². The fourth-order valence-electron chi connectivity index (χ4n) is 1.39. The number of cyclic esters (lactones) is 1. The minimum atomic E-state index is -0.768. The average molecular weight is 340 g/mol. The van der Waals surface area contributed by atoms with E-state index in [1.807, 2.05) is 50.3 Å². The molecule has 1 saturated heterocycles. The highest BCUT2D eigenvalue weighted by Gasteiger charge is 2.47. The zero-order chi connectivity index (χ0) is 12.5. The van der Waals surface area contributed by atoms with Crippen molar-refractivity contribution in [2.75, 3.05) is 6.61 Å². The molecule has 1 aliphatic heterocycles. The van der Waals surface area contributed by atoms with Gasteiger partial charge in [0.15, 0.2) is 0 Å². The van der Waals surface area contributed by atoms with Crippen molar-refractivity contribution >= 4 is 34.5 Å². The molecule has 0 bridgehead atoms. The Bertz CT molecular complexity index is 298. The van der Waals surface area contributed by atoms with Crippen molar-refractivity contribution in [1.82, 2.24) is 0 Å². The van der Waals surface area contributed by atoms with Crippen molar-refractivity contribution in [2.45, 2.75) is 37.7 Å². The summed E-state index contributed by atoms with van der Waals surface area (Å²) in [7, 11) is 0. The standard InChI is InChI=1S/C11H17IO4/c1-6(2)7(12)9(13)16-8-10(14)15-5-11(8,3)4/h6-8H,5H2,1-4H3/t7-,8+/m1/s1. The number of halogens is 1. The Morgan fingerprint density at radius 2 is 2.12 bits per heavy atom. The molecule has 0 amide bonds. The molecule has 1 fully saturated rings. The van der Waals surface area contributed by atoms with E-state index in [-0.39, 0.29) is 15.8 Å². The fourth-order valence-corrected chi connectivity index (χ4v) is 1.54. The second-order valence-corrected chi connectivity index (χ2v) is 6.40. The molecule has 0 radical (unpaired) electrons. The maximum absolute atomic E-state index is 11.7. The van der Waals surface area contributed by atoms with E-state index in [4.69, 9.17) is 9.47 Å². The molecule has 5 heteroatoms. The maximum atomic E-state index is 11.7. The first-order valence-electron chi connectivity index (χ1n) is 5.27. The SMILES string of the molecule is CC(C)[C@@H](I)C(=O)O[C@H]1C(=O)OCC1(C)C.